The molecule has 1 aliphatic heterocycles. The molecule has 0 aliphatic carbocycles. The van der Waals surface area contributed by atoms with Crippen molar-refractivity contribution < 1.29 is 17.6 Å². The maximum absolute atomic E-state index is 12.2. The van der Waals surface area contributed by atoms with Crippen molar-refractivity contribution in [1.29, 1.82) is 0 Å². The van der Waals surface area contributed by atoms with Gasteiger partial charge in [-0.2, -0.15) is 13.2 Å². The highest BCUT2D eigenvalue weighted by molar-refractivity contribution is 5.85. The molecule has 0 saturated carbocycles. The standard InChI is InChI=1S/C7H12F4N2.2ClH/c8-5-6(7(9,10)11)13-3-1-12-2-4-13;;/h6,12H,1-5H2;2*1H/t6-;;/m1../s1. The van der Waals surface area contributed by atoms with Gasteiger partial charge in [-0.15, -0.1) is 24.8 Å². The number of piperazine rings is 1. The Morgan fingerprint density at radius 3 is 1.93 bits per heavy atom. The van der Waals surface area contributed by atoms with Crippen LogP contribution in [0.2, 0.25) is 0 Å². The lowest BCUT2D eigenvalue weighted by Gasteiger charge is -2.34. The molecular formula is C7H14Cl2F4N2. The molecule has 0 amide bonds. The molecule has 0 unspecified atom stereocenters. The minimum atomic E-state index is -4.45. The monoisotopic (exact) mass is 272 g/mol. The Morgan fingerprint density at radius 1 is 1.13 bits per heavy atom. The van der Waals surface area contributed by atoms with Crippen molar-refractivity contribution in [3.8, 4) is 0 Å². The van der Waals surface area contributed by atoms with Crippen LogP contribution in [0.25, 0.3) is 0 Å². The molecule has 1 saturated heterocycles. The Hall–Kier alpha value is 0.220. The number of rotatable bonds is 2. The SMILES string of the molecule is Cl.Cl.FC[C@@H](N1CCNCC1)C(F)(F)F. The molecule has 1 N–H and O–H groups in total. The molecule has 1 rings (SSSR count). The van der Waals surface area contributed by atoms with Crippen LogP contribution >= 0.6 is 24.8 Å². The molecule has 0 aromatic rings. The van der Waals surface area contributed by atoms with Crippen molar-refractivity contribution >= 4 is 24.8 Å². The summed E-state index contributed by atoms with van der Waals surface area (Å²) in [7, 11) is 0. The molecule has 1 fully saturated rings. The zero-order valence-electron chi connectivity index (χ0n) is 7.89. The van der Waals surface area contributed by atoms with Gasteiger partial charge in [0, 0.05) is 26.2 Å². The number of nitrogens with zero attached hydrogens (tertiary/aromatic N) is 1. The van der Waals surface area contributed by atoms with E-state index in [2.05, 4.69) is 5.32 Å². The molecule has 15 heavy (non-hydrogen) atoms. The average Bonchev–Trinajstić information content (AvgIpc) is 2.05. The molecule has 0 spiro atoms. The molecule has 0 bridgehead atoms. The smallest absolute Gasteiger partial charge is 0.314 e. The normalized spacial score (nSPS) is 20.0. The average molecular weight is 273 g/mol. The summed E-state index contributed by atoms with van der Waals surface area (Å²) in [6.45, 7) is 0.144. The molecule has 8 heteroatoms. The molecule has 0 radical (unpaired) electrons. The van der Waals surface area contributed by atoms with Gasteiger partial charge < -0.3 is 5.32 Å². The number of hydrogen-bond donors (Lipinski definition) is 1. The molecule has 1 heterocycles. The van der Waals surface area contributed by atoms with E-state index in [4.69, 9.17) is 0 Å². The fraction of sp³-hybridized carbons (Fsp3) is 1.00. The van der Waals surface area contributed by atoms with Gasteiger partial charge in [-0.05, 0) is 0 Å². The van der Waals surface area contributed by atoms with Gasteiger partial charge in [-0.3, -0.25) is 4.90 Å². The Kier molecular flexibility index (Phi) is 8.79. The van der Waals surface area contributed by atoms with E-state index in [0.717, 1.165) is 4.90 Å². The Labute approximate surface area is 98.2 Å². The molecule has 1 aliphatic rings. The largest absolute Gasteiger partial charge is 0.406 e. The van der Waals surface area contributed by atoms with Crippen molar-refractivity contribution in [2.75, 3.05) is 32.9 Å². The predicted octanol–water partition coefficient (Wildman–Crippen LogP) is 1.64. The van der Waals surface area contributed by atoms with Gasteiger partial charge in [0.15, 0.2) is 0 Å². The van der Waals surface area contributed by atoms with Crippen LogP contribution in [-0.4, -0.2) is 50.0 Å². The highest BCUT2D eigenvalue weighted by atomic mass is 35.5. The van der Waals surface area contributed by atoms with Crippen molar-refractivity contribution in [3.63, 3.8) is 0 Å². The van der Waals surface area contributed by atoms with Crippen molar-refractivity contribution in [1.82, 2.24) is 10.2 Å². The molecule has 0 aromatic heterocycles. The Balaban J connectivity index is 0. The van der Waals surface area contributed by atoms with E-state index in [1.807, 2.05) is 0 Å². The van der Waals surface area contributed by atoms with E-state index in [0.29, 0.717) is 13.1 Å². The maximum atomic E-state index is 12.2. The van der Waals surface area contributed by atoms with Gasteiger partial charge in [0.05, 0.1) is 0 Å². The quantitative estimate of drug-likeness (QED) is 0.769. The summed E-state index contributed by atoms with van der Waals surface area (Å²) in [6, 6.07) is -1.92. The summed E-state index contributed by atoms with van der Waals surface area (Å²) in [4.78, 5) is 1.14. The zero-order chi connectivity index (χ0) is 9.90. The third-order valence-electron chi connectivity index (χ3n) is 2.12. The third-order valence-corrected chi connectivity index (χ3v) is 2.12. The summed E-state index contributed by atoms with van der Waals surface area (Å²) < 4.78 is 48.8. The molecule has 0 aromatic carbocycles. The van der Waals surface area contributed by atoms with Crippen LogP contribution < -0.4 is 5.32 Å². The highest BCUT2D eigenvalue weighted by Gasteiger charge is 2.43. The van der Waals surface area contributed by atoms with Crippen LogP contribution in [0.15, 0.2) is 0 Å². The first-order valence-corrected chi connectivity index (χ1v) is 4.13. The fourth-order valence-electron chi connectivity index (χ4n) is 1.39. The molecule has 2 nitrogen and oxygen atoms in total. The fourth-order valence-corrected chi connectivity index (χ4v) is 1.39. The number of halogens is 6. The summed E-state index contributed by atoms with van der Waals surface area (Å²) in [5, 5.41) is 2.91. The van der Waals surface area contributed by atoms with E-state index in [1.165, 1.54) is 0 Å². The first kappa shape index (κ1) is 17.6. The van der Waals surface area contributed by atoms with Crippen LogP contribution in [-0.2, 0) is 0 Å². The van der Waals surface area contributed by atoms with Gasteiger partial charge in [-0.25, -0.2) is 4.39 Å². The van der Waals surface area contributed by atoms with Gasteiger partial charge >= 0.3 is 6.18 Å². The molecule has 94 valence electrons. The Morgan fingerprint density at radius 2 is 1.60 bits per heavy atom. The van der Waals surface area contributed by atoms with Gasteiger partial charge in [0.2, 0.25) is 0 Å². The first-order chi connectivity index (χ1) is 6.05. The van der Waals surface area contributed by atoms with Crippen LogP contribution in [0.3, 0.4) is 0 Å². The lowest BCUT2D eigenvalue weighted by molar-refractivity contribution is -0.188. The van der Waals surface area contributed by atoms with Crippen molar-refractivity contribution in [2.24, 2.45) is 0 Å². The second-order valence-corrected chi connectivity index (χ2v) is 3.00. The summed E-state index contributed by atoms with van der Waals surface area (Å²) in [5.41, 5.74) is 0. The third kappa shape index (κ3) is 5.19. The summed E-state index contributed by atoms with van der Waals surface area (Å²) in [6.07, 6.45) is -4.45. The van der Waals surface area contributed by atoms with Crippen molar-refractivity contribution in [3.05, 3.63) is 0 Å². The van der Waals surface area contributed by atoms with E-state index in [1.54, 1.807) is 0 Å². The van der Waals surface area contributed by atoms with E-state index >= 15 is 0 Å². The van der Waals surface area contributed by atoms with E-state index in [-0.39, 0.29) is 37.9 Å². The number of hydrogen-bond acceptors (Lipinski definition) is 2. The van der Waals surface area contributed by atoms with E-state index < -0.39 is 18.9 Å². The van der Waals surface area contributed by atoms with Crippen molar-refractivity contribution in [2.45, 2.75) is 12.2 Å². The zero-order valence-corrected chi connectivity index (χ0v) is 9.52. The summed E-state index contributed by atoms with van der Waals surface area (Å²) >= 11 is 0. The molecular weight excluding hydrogens is 259 g/mol. The number of nitrogens with one attached hydrogen (secondary N) is 1. The highest BCUT2D eigenvalue weighted by Crippen LogP contribution is 2.25. The topological polar surface area (TPSA) is 15.3 Å². The molecule has 1 atom stereocenters. The second-order valence-electron chi connectivity index (χ2n) is 3.00. The van der Waals surface area contributed by atoms with Gasteiger partial charge in [0.1, 0.15) is 12.7 Å². The van der Waals surface area contributed by atoms with Crippen LogP contribution in [0.4, 0.5) is 17.6 Å². The Bertz CT molecular complexity index is 162. The lowest BCUT2D eigenvalue weighted by atomic mass is 10.2. The number of alkyl halides is 4. The van der Waals surface area contributed by atoms with Gasteiger partial charge in [0.25, 0.3) is 0 Å². The predicted molar refractivity (Wildman–Crippen MR) is 54.8 cm³/mol. The van der Waals surface area contributed by atoms with Gasteiger partial charge in [-0.1, -0.05) is 0 Å². The van der Waals surface area contributed by atoms with Crippen LogP contribution in [0.5, 0.6) is 0 Å². The summed E-state index contributed by atoms with van der Waals surface area (Å²) in [5.74, 6) is 0. The minimum absolute atomic E-state index is 0. The van der Waals surface area contributed by atoms with E-state index in [9.17, 15) is 17.6 Å². The van der Waals surface area contributed by atoms with Crippen LogP contribution in [0.1, 0.15) is 0 Å². The first-order valence-electron chi connectivity index (χ1n) is 4.13. The minimum Gasteiger partial charge on any atom is -0.314 e. The maximum Gasteiger partial charge on any atom is 0.406 e. The van der Waals surface area contributed by atoms with Crippen LogP contribution in [0, 0.1) is 0 Å². The lowest BCUT2D eigenvalue weighted by Crippen LogP contribution is -2.54. The second kappa shape index (κ2) is 7.49.